The van der Waals surface area contributed by atoms with Gasteiger partial charge in [0.25, 0.3) is 0 Å². The summed E-state index contributed by atoms with van der Waals surface area (Å²) in [4.78, 5) is 5.05. The van der Waals surface area contributed by atoms with Gasteiger partial charge in [-0.1, -0.05) is 13.0 Å². The largest absolute Gasteiger partial charge is 0.491 e. The summed E-state index contributed by atoms with van der Waals surface area (Å²) in [6.07, 6.45) is 4.54. The van der Waals surface area contributed by atoms with Crippen LogP contribution in [0.1, 0.15) is 31.5 Å². The first-order valence-corrected chi connectivity index (χ1v) is 11.1. The SMILES string of the molecule is CCc1nn(C2CCOCC2)c2nc(-c3ccnn3-c3cccc(OCCO)c3)ccc12. The van der Waals surface area contributed by atoms with Gasteiger partial charge in [-0.25, -0.2) is 14.3 Å². The molecule has 0 bridgehead atoms. The Morgan fingerprint density at radius 3 is 2.84 bits per heavy atom. The number of ether oxygens (including phenoxy) is 2. The van der Waals surface area contributed by atoms with E-state index in [1.807, 2.05) is 41.1 Å². The fourth-order valence-corrected chi connectivity index (χ4v) is 4.24. The number of pyridine rings is 1. The molecular weight excluding hydrogens is 406 g/mol. The lowest BCUT2D eigenvalue weighted by molar-refractivity contribution is 0.0672. The normalized spacial score (nSPS) is 14.8. The number of aliphatic hydroxyl groups is 1. The highest BCUT2D eigenvalue weighted by Crippen LogP contribution is 2.30. The van der Waals surface area contributed by atoms with E-state index in [0.29, 0.717) is 11.8 Å². The number of nitrogens with zero attached hydrogens (tertiary/aromatic N) is 5. The highest BCUT2D eigenvalue weighted by molar-refractivity contribution is 5.81. The Bertz CT molecular complexity index is 1210. The first-order chi connectivity index (χ1) is 15.8. The molecule has 0 unspecified atom stereocenters. The molecule has 5 rings (SSSR count). The van der Waals surface area contributed by atoms with Crippen molar-refractivity contribution >= 4 is 11.0 Å². The summed E-state index contributed by atoms with van der Waals surface area (Å²) in [5.74, 6) is 0.687. The van der Waals surface area contributed by atoms with E-state index in [2.05, 4.69) is 22.8 Å². The Balaban J connectivity index is 1.56. The molecule has 1 N–H and O–H groups in total. The van der Waals surface area contributed by atoms with Gasteiger partial charge in [-0.2, -0.15) is 10.2 Å². The van der Waals surface area contributed by atoms with Gasteiger partial charge in [0.1, 0.15) is 12.4 Å². The van der Waals surface area contributed by atoms with Gasteiger partial charge in [-0.3, -0.25) is 0 Å². The molecule has 0 amide bonds. The van der Waals surface area contributed by atoms with Gasteiger partial charge in [0.05, 0.1) is 41.6 Å². The first-order valence-electron chi connectivity index (χ1n) is 11.1. The third kappa shape index (κ3) is 3.87. The Morgan fingerprint density at radius 1 is 1.16 bits per heavy atom. The van der Waals surface area contributed by atoms with Gasteiger partial charge in [-0.05, 0) is 49.6 Å². The molecule has 1 saturated heterocycles. The molecule has 0 spiro atoms. The summed E-state index contributed by atoms with van der Waals surface area (Å²) in [6, 6.07) is 14.1. The molecule has 32 heavy (non-hydrogen) atoms. The summed E-state index contributed by atoms with van der Waals surface area (Å²) >= 11 is 0. The van der Waals surface area contributed by atoms with E-state index in [1.165, 1.54) is 0 Å². The van der Waals surface area contributed by atoms with E-state index in [0.717, 1.165) is 66.3 Å². The van der Waals surface area contributed by atoms with E-state index < -0.39 is 0 Å². The highest BCUT2D eigenvalue weighted by Gasteiger charge is 2.22. The number of aromatic nitrogens is 5. The number of aliphatic hydroxyl groups excluding tert-OH is 1. The van der Waals surface area contributed by atoms with Gasteiger partial charge in [-0.15, -0.1) is 0 Å². The number of fused-ring (bicyclic) bond motifs is 1. The van der Waals surface area contributed by atoms with Crippen LogP contribution < -0.4 is 4.74 Å². The summed E-state index contributed by atoms with van der Waals surface area (Å²) in [6.45, 7) is 3.87. The highest BCUT2D eigenvalue weighted by atomic mass is 16.5. The summed E-state index contributed by atoms with van der Waals surface area (Å²) < 4.78 is 15.1. The average molecular weight is 434 g/mol. The van der Waals surface area contributed by atoms with Crippen LogP contribution in [0.25, 0.3) is 28.1 Å². The second-order valence-electron chi connectivity index (χ2n) is 7.85. The molecule has 8 heteroatoms. The first kappa shape index (κ1) is 20.7. The standard InChI is InChI=1S/C24H27N5O3/c1-2-21-20-6-7-22(26-24(20)29(27-21)17-9-13-31-14-10-17)23-8-11-25-28(23)18-4-3-5-19(16-18)32-15-12-30/h3-8,11,16-17,30H,2,9-10,12-15H2,1H3. The minimum absolute atomic E-state index is 0.0261. The molecule has 3 aromatic heterocycles. The maximum Gasteiger partial charge on any atom is 0.159 e. The van der Waals surface area contributed by atoms with Crippen molar-refractivity contribution in [2.45, 2.75) is 32.2 Å². The van der Waals surface area contributed by atoms with E-state index in [-0.39, 0.29) is 13.2 Å². The van der Waals surface area contributed by atoms with Crippen LogP contribution in [0.2, 0.25) is 0 Å². The molecule has 1 aliphatic rings. The van der Waals surface area contributed by atoms with Crippen LogP contribution in [0.15, 0.2) is 48.7 Å². The predicted molar refractivity (Wildman–Crippen MR) is 121 cm³/mol. The van der Waals surface area contributed by atoms with E-state index in [4.69, 9.17) is 24.7 Å². The Kier molecular flexibility index (Phi) is 5.87. The Morgan fingerprint density at radius 2 is 2.03 bits per heavy atom. The molecule has 8 nitrogen and oxygen atoms in total. The van der Waals surface area contributed by atoms with Crippen molar-refractivity contribution in [3.8, 4) is 22.8 Å². The van der Waals surface area contributed by atoms with Crippen LogP contribution in [0.3, 0.4) is 0 Å². The summed E-state index contributed by atoms with van der Waals surface area (Å²) in [5, 5.41) is 19.6. The zero-order chi connectivity index (χ0) is 21.9. The van der Waals surface area contributed by atoms with Crippen molar-refractivity contribution in [3.63, 3.8) is 0 Å². The zero-order valence-electron chi connectivity index (χ0n) is 18.1. The minimum atomic E-state index is -0.0261. The number of aryl methyl sites for hydroxylation is 1. The van der Waals surface area contributed by atoms with E-state index >= 15 is 0 Å². The maximum absolute atomic E-state index is 9.03. The number of hydrogen-bond donors (Lipinski definition) is 1. The van der Waals surface area contributed by atoms with Crippen molar-refractivity contribution in [1.29, 1.82) is 0 Å². The van der Waals surface area contributed by atoms with Crippen molar-refractivity contribution < 1.29 is 14.6 Å². The zero-order valence-corrected chi connectivity index (χ0v) is 18.1. The Labute approximate surface area is 186 Å². The molecule has 0 aliphatic carbocycles. The lowest BCUT2D eigenvalue weighted by Gasteiger charge is -2.22. The second kappa shape index (κ2) is 9.10. The molecule has 0 saturated carbocycles. The van der Waals surface area contributed by atoms with Crippen LogP contribution in [0.5, 0.6) is 5.75 Å². The van der Waals surface area contributed by atoms with Gasteiger partial charge in [0.15, 0.2) is 5.65 Å². The number of rotatable bonds is 7. The molecule has 4 heterocycles. The van der Waals surface area contributed by atoms with Crippen molar-refractivity contribution in [3.05, 3.63) is 54.4 Å². The minimum Gasteiger partial charge on any atom is -0.491 e. The fourth-order valence-electron chi connectivity index (χ4n) is 4.24. The molecule has 0 radical (unpaired) electrons. The second-order valence-corrected chi connectivity index (χ2v) is 7.85. The third-order valence-electron chi connectivity index (χ3n) is 5.83. The van der Waals surface area contributed by atoms with E-state index in [9.17, 15) is 0 Å². The smallest absolute Gasteiger partial charge is 0.159 e. The quantitative estimate of drug-likeness (QED) is 0.479. The van der Waals surface area contributed by atoms with Gasteiger partial charge in [0.2, 0.25) is 0 Å². The van der Waals surface area contributed by atoms with Crippen LogP contribution >= 0.6 is 0 Å². The van der Waals surface area contributed by atoms with Crippen LogP contribution in [0, 0.1) is 0 Å². The number of benzene rings is 1. The van der Waals surface area contributed by atoms with Gasteiger partial charge >= 0.3 is 0 Å². The maximum atomic E-state index is 9.03. The van der Waals surface area contributed by atoms with E-state index in [1.54, 1.807) is 6.20 Å². The lowest BCUT2D eigenvalue weighted by Crippen LogP contribution is -2.21. The average Bonchev–Trinajstić information content (AvgIpc) is 3.48. The molecule has 0 atom stereocenters. The monoisotopic (exact) mass is 433 g/mol. The molecule has 1 fully saturated rings. The van der Waals surface area contributed by atoms with Crippen molar-refractivity contribution in [2.75, 3.05) is 26.4 Å². The van der Waals surface area contributed by atoms with Crippen molar-refractivity contribution in [2.24, 2.45) is 0 Å². The van der Waals surface area contributed by atoms with Crippen molar-refractivity contribution in [1.82, 2.24) is 24.5 Å². The lowest BCUT2D eigenvalue weighted by atomic mass is 10.1. The van der Waals surface area contributed by atoms with Gasteiger partial charge < -0.3 is 14.6 Å². The molecule has 166 valence electrons. The fraction of sp³-hybridized carbons (Fsp3) is 0.375. The number of hydrogen-bond acceptors (Lipinski definition) is 6. The van der Waals surface area contributed by atoms with Crippen LogP contribution in [-0.2, 0) is 11.2 Å². The van der Waals surface area contributed by atoms with Crippen LogP contribution in [-0.4, -0.2) is 56.1 Å². The summed E-state index contributed by atoms with van der Waals surface area (Å²) in [5.41, 5.74) is 4.60. The molecule has 4 aromatic rings. The predicted octanol–water partition coefficient (Wildman–Crippen LogP) is 3.57. The van der Waals surface area contributed by atoms with Gasteiger partial charge in [0, 0.05) is 24.7 Å². The molecular formula is C24H27N5O3. The van der Waals surface area contributed by atoms with Crippen LogP contribution in [0.4, 0.5) is 0 Å². The topological polar surface area (TPSA) is 87.2 Å². The molecule has 1 aromatic carbocycles. The molecule has 1 aliphatic heterocycles. The Hall–Kier alpha value is -3.23. The third-order valence-corrected chi connectivity index (χ3v) is 5.83. The summed E-state index contributed by atoms with van der Waals surface area (Å²) in [7, 11) is 0.